The van der Waals surface area contributed by atoms with Crippen molar-refractivity contribution in [3.63, 3.8) is 0 Å². The zero-order chi connectivity index (χ0) is 25.1. The highest BCUT2D eigenvalue weighted by Gasteiger charge is 2.37. The van der Waals surface area contributed by atoms with Gasteiger partial charge in [-0.3, -0.25) is 0 Å². The molecule has 1 rings (SSSR count). The van der Waals surface area contributed by atoms with Gasteiger partial charge in [-0.15, -0.1) is 0 Å². The Balaban J connectivity index is 2.42. The largest absolute Gasteiger partial charge is 0.394 e. The average Bonchev–Trinajstić information content (AvgIpc) is 2.83. The highest BCUT2D eigenvalue weighted by molar-refractivity contribution is 4.83. The fraction of sp³-hybridized carbons (Fsp3) is 1.00. The number of unbranched alkanes of at least 4 members (excludes halogenated alkanes) is 14. The van der Waals surface area contributed by atoms with Gasteiger partial charge in [0.25, 0.3) is 0 Å². The number of aliphatic hydroxyl groups excluding tert-OH is 3. The van der Waals surface area contributed by atoms with Crippen LogP contribution in [-0.2, 0) is 9.47 Å². The second kappa shape index (κ2) is 19.9. The SMILES string of the molecule is CCCCCCCCCCC(C)(CCCCCCCCCC)CO[C@@H]1C[C@H](O)[C@@H](O)[C@H](CO)O1. The first-order valence-electron chi connectivity index (χ1n) is 14.7. The van der Waals surface area contributed by atoms with Crippen molar-refractivity contribution in [2.45, 2.75) is 167 Å². The fourth-order valence-electron chi connectivity index (χ4n) is 5.11. The molecule has 0 unspecified atom stereocenters. The van der Waals surface area contributed by atoms with Gasteiger partial charge in [-0.25, -0.2) is 0 Å². The Morgan fingerprint density at radius 3 is 1.62 bits per heavy atom. The van der Waals surface area contributed by atoms with Crippen molar-refractivity contribution < 1.29 is 24.8 Å². The molecule has 5 heteroatoms. The third kappa shape index (κ3) is 14.4. The van der Waals surface area contributed by atoms with Gasteiger partial charge in [0.15, 0.2) is 6.29 Å². The van der Waals surface area contributed by atoms with Crippen LogP contribution in [0.5, 0.6) is 0 Å². The molecule has 0 aromatic carbocycles. The predicted octanol–water partition coefficient (Wildman–Crippen LogP) is 6.90. The molecule has 1 saturated heterocycles. The van der Waals surface area contributed by atoms with Gasteiger partial charge in [0.2, 0.25) is 0 Å². The summed E-state index contributed by atoms with van der Waals surface area (Å²) < 4.78 is 11.9. The van der Waals surface area contributed by atoms with Crippen LogP contribution in [-0.4, -0.2) is 53.1 Å². The molecule has 0 radical (unpaired) electrons. The molecule has 1 aliphatic heterocycles. The summed E-state index contributed by atoms with van der Waals surface area (Å²) in [4.78, 5) is 0. The van der Waals surface area contributed by atoms with E-state index in [9.17, 15) is 15.3 Å². The molecule has 0 spiro atoms. The van der Waals surface area contributed by atoms with E-state index in [1.165, 1.54) is 103 Å². The standard InChI is InChI=1S/C29H58O5/c1-4-6-8-10-12-14-16-18-20-29(3,21-19-17-15-13-11-9-7-5-2)24-33-27-22-25(31)28(32)26(23-30)34-27/h25-28,30-32H,4-24H2,1-3H3/t25-,26-,27-,28+/m0/s1. The van der Waals surface area contributed by atoms with Crippen LogP contribution in [0.3, 0.4) is 0 Å². The van der Waals surface area contributed by atoms with Crippen LogP contribution in [0.25, 0.3) is 0 Å². The number of ether oxygens (including phenoxy) is 2. The summed E-state index contributed by atoms with van der Waals surface area (Å²) in [5.41, 5.74) is 0.101. The molecule has 34 heavy (non-hydrogen) atoms. The summed E-state index contributed by atoms with van der Waals surface area (Å²) in [6, 6.07) is 0. The van der Waals surface area contributed by atoms with E-state index in [1.54, 1.807) is 0 Å². The molecule has 3 N–H and O–H groups in total. The highest BCUT2D eigenvalue weighted by atomic mass is 16.7. The van der Waals surface area contributed by atoms with Crippen molar-refractivity contribution in [1.82, 2.24) is 0 Å². The van der Waals surface area contributed by atoms with Gasteiger partial charge < -0.3 is 24.8 Å². The van der Waals surface area contributed by atoms with Crippen molar-refractivity contribution in [3.8, 4) is 0 Å². The fourth-order valence-corrected chi connectivity index (χ4v) is 5.11. The van der Waals surface area contributed by atoms with E-state index >= 15 is 0 Å². The van der Waals surface area contributed by atoms with E-state index in [4.69, 9.17) is 9.47 Å². The summed E-state index contributed by atoms with van der Waals surface area (Å²) in [5.74, 6) is 0. The summed E-state index contributed by atoms with van der Waals surface area (Å²) in [5, 5.41) is 29.5. The number of hydrogen-bond acceptors (Lipinski definition) is 5. The second-order valence-electron chi connectivity index (χ2n) is 11.2. The molecule has 5 nitrogen and oxygen atoms in total. The minimum Gasteiger partial charge on any atom is -0.394 e. The van der Waals surface area contributed by atoms with Crippen molar-refractivity contribution >= 4 is 0 Å². The van der Waals surface area contributed by atoms with Crippen molar-refractivity contribution in [2.75, 3.05) is 13.2 Å². The maximum absolute atomic E-state index is 10.1. The maximum atomic E-state index is 10.1. The molecule has 1 fully saturated rings. The first kappa shape index (κ1) is 31.8. The minimum absolute atomic E-state index is 0.101. The lowest BCUT2D eigenvalue weighted by Crippen LogP contribution is -2.51. The van der Waals surface area contributed by atoms with Crippen LogP contribution in [0.2, 0.25) is 0 Å². The molecule has 0 saturated carbocycles. The molecule has 1 heterocycles. The Morgan fingerprint density at radius 1 is 0.735 bits per heavy atom. The van der Waals surface area contributed by atoms with Crippen LogP contribution >= 0.6 is 0 Å². The average molecular weight is 487 g/mol. The molecule has 0 amide bonds. The van der Waals surface area contributed by atoms with Crippen molar-refractivity contribution in [3.05, 3.63) is 0 Å². The monoisotopic (exact) mass is 486 g/mol. The maximum Gasteiger partial charge on any atom is 0.160 e. The minimum atomic E-state index is -1.05. The molecule has 204 valence electrons. The van der Waals surface area contributed by atoms with Gasteiger partial charge in [-0.2, -0.15) is 0 Å². The summed E-state index contributed by atoms with van der Waals surface area (Å²) in [6.45, 7) is 7.16. The molecule has 0 bridgehead atoms. The van der Waals surface area contributed by atoms with Crippen LogP contribution in [0.4, 0.5) is 0 Å². The highest BCUT2D eigenvalue weighted by Crippen LogP contribution is 2.33. The van der Waals surface area contributed by atoms with Gasteiger partial charge >= 0.3 is 0 Å². The van der Waals surface area contributed by atoms with E-state index in [0.29, 0.717) is 6.61 Å². The molecule has 1 aliphatic rings. The first-order valence-corrected chi connectivity index (χ1v) is 14.7. The topological polar surface area (TPSA) is 79.2 Å². The van der Waals surface area contributed by atoms with Crippen LogP contribution < -0.4 is 0 Å². The van der Waals surface area contributed by atoms with Gasteiger partial charge in [0.05, 0.1) is 19.3 Å². The van der Waals surface area contributed by atoms with Crippen molar-refractivity contribution in [2.24, 2.45) is 5.41 Å². The zero-order valence-electron chi connectivity index (χ0n) is 22.8. The number of rotatable bonds is 22. The molecule has 0 aromatic rings. The molecule has 0 aliphatic carbocycles. The quantitative estimate of drug-likeness (QED) is 0.145. The van der Waals surface area contributed by atoms with E-state index in [-0.39, 0.29) is 18.4 Å². The van der Waals surface area contributed by atoms with Gasteiger partial charge in [0.1, 0.15) is 12.2 Å². The van der Waals surface area contributed by atoms with E-state index < -0.39 is 24.6 Å². The van der Waals surface area contributed by atoms with Gasteiger partial charge in [0, 0.05) is 6.42 Å². The Hall–Kier alpha value is -0.200. The lowest BCUT2D eigenvalue weighted by molar-refractivity contribution is -0.263. The van der Waals surface area contributed by atoms with Gasteiger partial charge in [-0.05, 0) is 18.3 Å². The van der Waals surface area contributed by atoms with Crippen LogP contribution in [0.1, 0.15) is 143 Å². The third-order valence-electron chi connectivity index (χ3n) is 7.60. The Kier molecular flexibility index (Phi) is 18.7. The normalized spacial score (nSPS) is 23.5. The summed E-state index contributed by atoms with van der Waals surface area (Å²) in [6.07, 6.45) is 20.5. The summed E-state index contributed by atoms with van der Waals surface area (Å²) in [7, 11) is 0. The lowest BCUT2D eigenvalue weighted by Gasteiger charge is -2.38. The first-order chi connectivity index (χ1) is 16.5. The van der Waals surface area contributed by atoms with Gasteiger partial charge in [-0.1, -0.05) is 124 Å². The van der Waals surface area contributed by atoms with E-state index in [1.807, 2.05) is 0 Å². The van der Waals surface area contributed by atoms with Crippen molar-refractivity contribution in [1.29, 1.82) is 0 Å². The summed E-state index contributed by atoms with van der Waals surface area (Å²) >= 11 is 0. The molecule has 4 atom stereocenters. The molecular formula is C29H58O5. The van der Waals surface area contributed by atoms with Crippen LogP contribution in [0.15, 0.2) is 0 Å². The van der Waals surface area contributed by atoms with Crippen LogP contribution in [0, 0.1) is 5.41 Å². The number of hydrogen-bond donors (Lipinski definition) is 3. The van der Waals surface area contributed by atoms with E-state index in [0.717, 1.165) is 12.8 Å². The molecular weight excluding hydrogens is 428 g/mol. The third-order valence-corrected chi connectivity index (χ3v) is 7.60. The zero-order valence-corrected chi connectivity index (χ0v) is 22.8. The Bertz CT molecular complexity index is 438. The Labute approximate surface area is 211 Å². The predicted molar refractivity (Wildman–Crippen MR) is 141 cm³/mol. The Morgan fingerprint density at radius 2 is 1.18 bits per heavy atom. The lowest BCUT2D eigenvalue weighted by atomic mass is 9.80. The smallest absolute Gasteiger partial charge is 0.160 e. The number of aliphatic hydroxyl groups is 3. The molecule has 0 aromatic heterocycles. The van der Waals surface area contributed by atoms with E-state index in [2.05, 4.69) is 20.8 Å². The second-order valence-corrected chi connectivity index (χ2v) is 11.2.